The van der Waals surface area contributed by atoms with Gasteiger partial charge in [-0.15, -0.1) is 0 Å². The van der Waals surface area contributed by atoms with Gasteiger partial charge in [0.05, 0.1) is 5.69 Å². The van der Waals surface area contributed by atoms with Crippen molar-refractivity contribution in [2.75, 3.05) is 13.6 Å². The second-order valence-corrected chi connectivity index (χ2v) is 6.73. The molecule has 138 valence electrons. The Labute approximate surface area is 156 Å². The van der Waals surface area contributed by atoms with Crippen LogP contribution < -0.4 is 4.74 Å². The van der Waals surface area contributed by atoms with Gasteiger partial charge in [-0.3, -0.25) is 0 Å². The Morgan fingerprint density at radius 3 is 2.81 bits per heavy atom. The summed E-state index contributed by atoms with van der Waals surface area (Å²) in [6.07, 6.45) is 1.97. The number of hydrogen-bond donors (Lipinski definition) is 0. The van der Waals surface area contributed by atoms with E-state index >= 15 is 0 Å². The number of nitrogens with zero attached hydrogens (tertiary/aromatic N) is 3. The molecular formula is C21H19F2N3O. The lowest BCUT2D eigenvalue weighted by molar-refractivity contribution is 0.174. The van der Waals surface area contributed by atoms with Crippen LogP contribution in [0.2, 0.25) is 0 Å². The van der Waals surface area contributed by atoms with Gasteiger partial charge in [0, 0.05) is 37.3 Å². The van der Waals surface area contributed by atoms with Gasteiger partial charge < -0.3 is 9.64 Å². The Hall–Kier alpha value is -2.86. The van der Waals surface area contributed by atoms with Crippen LogP contribution in [0.15, 0.2) is 54.7 Å². The number of ether oxygens (including phenoxy) is 1. The van der Waals surface area contributed by atoms with Crippen LogP contribution in [0.25, 0.3) is 11.3 Å². The SMILES string of the molecule is CN1CCC(Oc2cc(F)ccc2F)c2ccc(-c3cccnn3)cc2C1. The average molecular weight is 367 g/mol. The van der Waals surface area contributed by atoms with Crippen LogP contribution in [-0.2, 0) is 6.54 Å². The Morgan fingerprint density at radius 2 is 2.00 bits per heavy atom. The van der Waals surface area contributed by atoms with Crippen LogP contribution in [0.1, 0.15) is 23.7 Å². The van der Waals surface area contributed by atoms with E-state index < -0.39 is 11.6 Å². The topological polar surface area (TPSA) is 38.2 Å². The lowest BCUT2D eigenvalue weighted by Gasteiger charge is -2.20. The van der Waals surface area contributed by atoms with Crippen molar-refractivity contribution in [1.82, 2.24) is 15.1 Å². The van der Waals surface area contributed by atoms with Crippen LogP contribution in [0.4, 0.5) is 8.78 Å². The molecule has 27 heavy (non-hydrogen) atoms. The Morgan fingerprint density at radius 1 is 1.11 bits per heavy atom. The Kier molecular flexibility index (Phi) is 4.81. The van der Waals surface area contributed by atoms with Crippen LogP contribution in [0, 0.1) is 11.6 Å². The molecule has 0 radical (unpaired) electrons. The second-order valence-electron chi connectivity index (χ2n) is 6.73. The quantitative estimate of drug-likeness (QED) is 0.689. The predicted octanol–water partition coefficient (Wildman–Crippen LogP) is 4.38. The Bertz CT molecular complexity index is 949. The van der Waals surface area contributed by atoms with Crippen molar-refractivity contribution in [3.8, 4) is 17.0 Å². The van der Waals surface area contributed by atoms with E-state index in [-0.39, 0.29) is 11.9 Å². The molecule has 0 amide bonds. The zero-order valence-corrected chi connectivity index (χ0v) is 14.9. The van der Waals surface area contributed by atoms with Gasteiger partial charge in [0.15, 0.2) is 11.6 Å². The summed E-state index contributed by atoms with van der Waals surface area (Å²) >= 11 is 0. The number of halogens is 2. The number of fused-ring (bicyclic) bond motifs is 1. The first kappa shape index (κ1) is 17.5. The first-order chi connectivity index (χ1) is 13.1. The van der Waals surface area contributed by atoms with E-state index in [1.54, 1.807) is 6.20 Å². The third kappa shape index (κ3) is 3.80. The molecule has 1 atom stereocenters. The maximum atomic E-state index is 14.0. The second kappa shape index (κ2) is 7.40. The predicted molar refractivity (Wildman–Crippen MR) is 98.1 cm³/mol. The van der Waals surface area contributed by atoms with E-state index in [0.717, 1.165) is 53.7 Å². The third-order valence-electron chi connectivity index (χ3n) is 4.73. The van der Waals surface area contributed by atoms with E-state index in [1.165, 1.54) is 0 Å². The van der Waals surface area contributed by atoms with Crippen molar-refractivity contribution < 1.29 is 13.5 Å². The van der Waals surface area contributed by atoms with Gasteiger partial charge in [0.1, 0.15) is 11.9 Å². The fourth-order valence-corrected chi connectivity index (χ4v) is 3.38. The number of benzene rings is 2. The summed E-state index contributed by atoms with van der Waals surface area (Å²) < 4.78 is 33.5. The summed E-state index contributed by atoms with van der Waals surface area (Å²) in [4.78, 5) is 2.19. The standard InChI is InChI=1S/C21H19F2N3O/c1-26-10-8-20(27-21-12-16(22)5-7-18(21)23)17-6-4-14(11-15(17)13-26)19-3-2-9-24-25-19/h2-7,9,11-12,20H,8,10,13H2,1H3. The minimum atomic E-state index is -0.563. The Balaban J connectivity index is 1.70. The summed E-state index contributed by atoms with van der Waals surface area (Å²) in [7, 11) is 2.03. The van der Waals surface area contributed by atoms with E-state index in [2.05, 4.69) is 21.2 Å². The maximum absolute atomic E-state index is 14.0. The summed E-state index contributed by atoms with van der Waals surface area (Å²) in [6.45, 7) is 1.53. The lowest BCUT2D eigenvalue weighted by atomic mass is 9.97. The highest BCUT2D eigenvalue weighted by Crippen LogP contribution is 2.34. The molecule has 0 saturated heterocycles. The van der Waals surface area contributed by atoms with E-state index in [1.807, 2.05) is 31.3 Å². The van der Waals surface area contributed by atoms with Gasteiger partial charge in [-0.25, -0.2) is 8.78 Å². The molecule has 2 aromatic carbocycles. The molecule has 0 aliphatic carbocycles. The van der Waals surface area contributed by atoms with Gasteiger partial charge in [-0.2, -0.15) is 10.2 Å². The van der Waals surface area contributed by atoms with Crippen LogP contribution in [-0.4, -0.2) is 28.7 Å². The summed E-state index contributed by atoms with van der Waals surface area (Å²) in [5, 5.41) is 8.10. The zero-order chi connectivity index (χ0) is 18.8. The fraction of sp³-hybridized carbons (Fsp3) is 0.238. The highest BCUT2D eigenvalue weighted by molar-refractivity contribution is 5.60. The monoisotopic (exact) mass is 367 g/mol. The normalized spacial score (nSPS) is 17.2. The number of aromatic nitrogens is 2. The molecule has 2 heterocycles. The van der Waals surface area contributed by atoms with Crippen LogP contribution >= 0.6 is 0 Å². The van der Waals surface area contributed by atoms with Crippen molar-refractivity contribution in [2.45, 2.75) is 19.1 Å². The van der Waals surface area contributed by atoms with Gasteiger partial charge in [-0.05, 0) is 48.5 Å². The molecule has 0 bridgehead atoms. The molecule has 0 N–H and O–H groups in total. The highest BCUT2D eigenvalue weighted by Gasteiger charge is 2.24. The van der Waals surface area contributed by atoms with Crippen molar-refractivity contribution in [1.29, 1.82) is 0 Å². The molecule has 0 spiro atoms. The third-order valence-corrected chi connectivity index (χ3v) is 4.73. The van der Waals surface area contributed by atoms with Crippen LogP contribution in [0.5, 0.6) is 5.75 Å². The van der Waals surface area contributed by atoms with Gasteiger partial charge in [0.2, 0.25) is 0 Å². The van der Waals surface area contributed by atoms with E-state index in [4.69, 9.17) is 4.74 Å². The van der Waals surface area contributed by atoms with Crippen LogP contribution in [0.3, 0.4) is 0 Å². The van der Waals surface area contributed by atoms with Gasteiger partial charge in [0.25, 0.3) is 0 Å². The molecule has 0 saturated carbocycles. The number of rotatable bonds is 3. The summed E-state index contributed by atoms with van der Waals surface area (Å²) in [6, 6.07) is 13.0. The van der Waals surface area contributed by atoms with Gasteiger partial charge in [-0.1, -0.05) is 12.1 Å². The molecular weight excluding hydrogens is 348 g/mol. The first-order valence-electron chi connectivity index (χ1n) is 8.81. The minimum Gasteiger partial charge on any atom is -0.482 e. The maximum Gasteiger partial charge on any atom is 0.165 e. The smallest absolute Gasteiger partial charge is 0.165 e. The van der Waals surface area contributed by atoms with Crippen molar-refractivity contribution in [2.24, 2.45) is 0 Å². The number of hydrogen-bond acceptors (Lipinski definition) is 4. The van der Waals surface area contributed by atoms with E-state index in [0.29, 0.717) is 6.42 Å². The van der Waals surface area contributed by atoms with Crippen molar-refractivity contribution >= 4 is 0 Å². The molecule has 1 aliphatic rings. The zero-order valence-electron chi connectivity index (χ0n) is 14.9. The van der Waals surface area contributed by atoms with Gasteiger partial charge >= 0.3 is 0 Å². The summed E-state index contributed by atoms with van der Waals surface area (Å²) in [5.74, 6) is -1.14. The minimum absolute atomic E-state index is 0.0616. The largest absolute Gasteiger partial charge is 0.482 e. The van der Waals surface area contributed by atoms with Crippen molar-refractivity contribution in [3.05, 3.63) is 77.5 Å². The molecule has 1 aromatic heterocycles. The fourth-order valence-electron chi connectivity index (χ4n) is 3.38. The highest BCUT2D eigenvalue weighted by atomic mass is 19.1. The molecule has 1 aliphatic heterocycles. The molecule has 6 heteroatoms. The average Bonchev–Trinajstić information content (AvgIpc) is 2.83. The summed E-state index contributed by atoms with van der Waals surface area (Å²) in [5.41, 5.74) is 3.82. The molecule has 3 aromatic rings. The van der Waals surface area contributed by atoms with E-state index in [9.17, 15) is 8.78 Å². The lowest BCUT2D eigenvalue weighted by Crippen LogP contribution is -2.18. The molecule has 1 unspecified atom stereocenters. The van der Waals surface area contributed by atoms with Crippen molar-refractivity contribution in [3.63, 3.8) is 0 Å². The first-order valence-corrected chi connectivity index (χ1v) is 8.81. The molecule has 0 fully saturated rings. The molecule has 4 nitrogen and oxygen atoms in total. The molecule has 4 rings (SSSR count).